The number of nitrogen functional groups attached to an aromatic ring is 1. The van der Waals surface area contributed by atoms with Crippen LogP contribution < -0.4 is 11.1 Å². The van der Waals surface area contributed by atoms with Gasteiger partial charge in [0.15, 0.2) is 5.65 Å². The van der Waals surface area contributed by atoms with Gasteiger partial charge in [0.05, 0.1) is 5.69 Å². The Bertz CT molecular complexity index is 626. The molecule has 3 N–H and O–H groups in total. The number of aryl methyl sites for hydroxylation is 2. The van der Waals surface area contributed by atoms with Gasteiger partial charge in [-0.2, -0.15) is 5.10 Å². The van der Waals surface area contributed by atoms with Gasteiger partial charge in [-0.25, -0.2) is 4.98 Å². The molecule has 2 heterocycles. The number of aromatic nitrogens is 4. The third-order valence-electron chi connectivity index (χ3n) is 3.41. The standard InChI is InChI=1S/C13H22N6O/c1-5-7-15-11(20)8(3)19-12-10(16-13(19)14)9(6-2)17-18(12)4/h8H,5-7H2,1-4H3,(H2,14,16)(H,15,20). The summed E-state index contributed by atoms with van der Waals surface area (Å²) >= 11 is 0. The number of hydrogen-bond acceptors (Lipinski definition) is 4. The number of carbonyl (C=O) groups excluding carboxylic acids is 1. The molecule has 0 aliphatic carbocycles. The Morgan fingerprint density at radius 1 is 1.45 bits per heavy atom. The third kappa shape index (κ3) is 2.23. The van der Waals surface area contributed by atoms with Crippen LogP contribution in [-0.4, -0.2) is 31.8 Å². The van der Waals surface area contributed by atoms with Gasteiger partial charge in [-0.15, -0.1) is 0 Å². The lowest BCUT2D eigenvalue weighted by molar-refractivity contribution is -0.123. The van der Waals surface area contributed by atoms with Gasteiger partial charge in [0, 0.05) is 13.6 Å². The summed E-state index contributed by atoms with van der Waals surface area (Å²) in [5, 5.41) is 7.30. The predicted molar refractivity (Wildman–Crippen MR) is 78.3 cm³/mol. The summed E-state index contributed by atoms with van der Waals surface area (Å²) in [7, 11) is 1.84. The molecule has 0 saturated heterocycles. The fourth-order valence-corrected chi connectivity index (χ4v) is 2.35. The van der Waals surface area contributed by atoms with Crippen LogP contribution in [0.15, 0.2) is 0 Å². The quantitative estimate of drug-likeness (QED) is 0.853. The molecule has 7 nitrogen and oxygen atoms in total. The molecule has 0 bridgehead atoms. The molecule has 0 saturated carbocycles. The maximum atomic E-state index is 12.1. The van der Waals surface area contributed by atoms with Gasteiger partial charge in [0.25, 0.3) is 0 Å². The van der Waals surface area contributed by atoms with Gasteiger partial charge in [0.1, 0.15) is 11.6 Å². The molecule has 2 rings (SSSR count). The SMILES string of the molecule is CCCNC(=O)C(C)n1c(N)nc2c(CC)nn(C)c21. The number of nitrogens with zero attached hydrogens (tertiary/aromatic N) is 4. The lowest BCUT2D eigenvalue weighted by Gasteiger charge is -2.15. The molecule has 20 heavy (non-hydrogen) atoms. The maximum absolute atomic E-state index is 12.1. The van der Waals surface area contributed by atoms with Crippen molar-refractivity contribution < 1.29 is 4.79 Å². The first kappa shape index (κ1) is 14.4. The zero-order valence-electron chi connectivity index (χ0n) is 12.5. The summed E-state index contributed by atoms with van der Waals surface area (Å²) < 4.78 is 3.48. The van der Waals surface area contributed by atoms with E-state index in [9.17, 15) is 4.79 Å². The van der Waals surface area contributed by atoms with Crippen molar-refractivity contribution in [1.29, 1.82) is 0 Å². The predicted octanol–water partition coefficient (Wildman–Crippen LogP) is 1.00. The second kappa shape index (κ2) is 5.52. The molecule has 0 radical (unpaired) electrons. The first-order valence-electron chi connectivity index (χ1n) is 6.98. The fraction of sp³-hybridized carbons (Fsp3) is 0.615. The van der Waals surface area contributed by atoms with E-state index in [2.05, 4.69) is 15.4 Å². The van der Waals surface area contributed by atoms with Gasteiger partial charge in [-0.1, -0.05) is 13.8 Å². The molecule has 0 fully saturated rings. The molecular formula is C13H22N6O. The largest absolute Gasteiger partial charge is 0.369 e. The molecule has 1 amide bonds. The monoisotopic (exact) mass is 278 g/mol. The van der Waals surface area contributed by atoms with Crippen molar-refractivity contribution in [3.05, 3.63) is 5.69 Å². The number of amides is 1. The molecular weight excluding hydrogens is 256 g/mol. The van der Waals surface area contributed by atoms with Crippen LogP contribution in [0.25, 0.3) is 11.2 Å². The van der Waals surface area contributed by atoms with Gasteiger partial charge >= 0.3 is 0 Å². The molecule has 2 aromatic rings. The van der Waals surface area contributed by atoms with Crippen LogP contribution in [0.3, 0.4) is 0 Å². The van der Waals surface area contributed by atoms with Crippen LogP contribution in [0.1, 0.15) is 38.9 Å². The first-order valence-corrected chi connectivity index (χ1v) is 6.98. The van der Waals surface area contributed by atoms with Crippen molar-refractivity contribution in [2.24, 2.45) is 7.05 Å². The molecule has 110 valence electrons. The summed E-state index contributed by atoms with van der Waals surface area (Å²) in [6, 6.07) is -0.411. The van der Waals surface area contributed by atoms with E-state index in [0.29, 0.717) is 12.5 Å². The Morgan fingerprint density at radius 3 is 2.75 bits per heavy atom. The Hall–Kier alpha value is -2.05. The highest BCUT2D eigenvalue weighted by molar-refractivity contribution is 5.85. The van der Waals surface area contributed by atoms with Crippen LogP contribution in [0, 0.1) is 0 Å². The second-order valence-electron chi connectivity index (χ2n) is 4.90. The Kier molecular flexibility index (Phi) is 3.96. The van der Waals surface area contributed by atoms with E-state index in [4.69, 9.17) is 5.73 Å². The molecule has 0 aromatic carbocycles. The number of fused-ring (bicyclic) bond motifs is 1. The van der Waals surface area contributed by atoms with Crippen molar-refractivity contribution in [2.45, 2.75) is 39.7 Å². The molecule has 0 spiro atoms. The van der Waals surface area contributed by atoms with E-state index >= 15 is 0 Å². The van der Waals surface area contributed by atoms with Crippen LogP contribution >= 0.6 is 0 Å². The van der Waals surface area contributed by atoms with Crippen molar-refractivity contribution in [1.82, 2.24) is 24.6 Å². The zero-order valence-corrected chi connectivity index (χ0v) is 12.5. The molecule has 0 aliphatic heterocycles. The van der Waals surface area contributed by atoms with Gasteiger partial charge in [-0.05, 0) is 19.8 Å². The van der Waals surface area contributed by atoms with Crippen molar-refractivity contribution in [3.8, 4) is 0 Å². The van der Waals surface area contributed by atoms with E-state index in [1.54, 1.807) is 9.25 Å². The van der Waals surface area contributed by atoms with E-state index in [1.165, 1.54) is 0 Å². The van der Waals surface area contributed by atoms with Crippen LogP contribution in [-0.2, 0) is 18.3 Å². The number of rotatable bonds is 5. The summed E-state index contributed by atoms with van der Waals surface area (Å²) in [4.78, 5) is 16.5. The minimum Gasteiger partial charge on any atom is -0.369 e. The van der Waals surface area contributed by atoms with E-state index < -0.39 is 6.04 Å². The summed E-state index contributed by atoms with van der Waals surface area (Å²) in [6.45, 7) is 6.52. The molecule has 0 aliphatic rings. The summed E-state index contributed by atoms with van der Waals surface area (Å²) in [5.74, 6) is 0.291. The number of carbonyl (C=O) groups is 1. The normalized spacial score (nSPS) is 12.8. The average molecular weight is 278 g/mol. The van der Waals surface area contributed by atoms with Crippen molar-refractivity contribution in [3.63, 3.8) is 0 Å². The van der Waals surface area contributed by atoms with Crippen LogP contribution in [0.4, 0.5) is 5.95 Å². The molecule has 1 unspecified atom stereocenters. The Balaban J connectivity index is 2.45. The number of nitrogens with two attached hydrogens (primary N) is 1. The molecule has 2 aromatic heterocycles. The molecule has 1 atom stereocenters. The van der Waals surface area contributed by atoms with Gasteiger partial charge in [0.2, 0.25) is 11.9 Å². The minimum absolute atomic E-state index is 0.0582. The highest BCUT2D eigenvalue weighted by atomic mass is 16.2. The average Bonchev–Trinajstić information content (AvgIpc) is 2.92. The number of hydrogen-bond donors (Lipinski definition) is 2. The highest BCUT2D eigenvalue weighted by Gasteiger charge is 2.24. The van der Waals surface area contributed by atoms with Crippen LogP contribution in [0.5, 0.6) is 0 Å². The topological polar surface area (TPSA) is 90.8 Å². The highest BCUT2D eigenvalue weighted by Crippen LogP contribution is 2.25. The second-order valence-corrected chi connectivity index (χ2v) is 4.90. The minimum atomic E-state index is -0.411. The van der Waals surface area contributed by atoms with Gasteiger partial charge in [-0.3, -0.25) is 14.0 Å². The smallest absolute Gasteiger partial charge is 0.242 e. The van der Waals surface area contributed by atoms with Gasteiger partial charge < -0.3 is 11.1 Å². The zero-order chi connectivity index (χ0) is 14.9. The first-order chi connectivity index (χ1) is 9.51. The molecule has 7 heteroatoms. The number of anilines is 1. The summed E-state index contributed by atoms with van der Waals surface area (Å²) in [6.07, 6.45) is 1.68. The summed E-state index contributed by atoms with van der Waals surface area (Å²) in [5.41, 5.74) is 8.46. The van der Waals surface area contributed by atoms with Crippen molar-refractivity contribution in [2.75, 3.05) is 12.3 Å². The lowest BCUT2D eigenvalue weighted by Crippen LogP contribution is -2.32. The van der Waals surface area contributed by atoms with Crippen molar-refractivity contribution >= 4 is 23.0 Å². The number of nitrogens with one attached hydrogen (secondary N) is 1. The van der Waals surface area contributed by atoms with E-state index in [0.717, 1.165) is 29.7 Å². The van der Waals surface area contributed by atoms with Crippen LogP contribution in [0.2, 0.25) is 0 Å². The Morgan fingerprint density at radius 2 is 2.15 bits per heavy atom. The lowest BCUT2D eigenvalue weighted by atomic mass is 10.3. The number of imidazole rings is 1. The van der Waals surface area contributed by atoms with E-state index in [1.807, 2.05) is 27.8 Å². The Labute approximate surface area is 118 Å². The fourth-order valence-electron chi connectivity index (χ4n) is 2.35. The third-order valence-corrected chi connectivity index (χ3v) is 3.41. The van der Waals surface area contributed by atoms with E-state index in [-0.39, 0.29) is 5.91 Å². The maximum Gasteiger partial charge on any atom is 0.242 e.